The maximum atomic E-state index is 5.85. The molecule has 0 saturated heterocycles. The third-order valence-electron chi connectivity index (χ3n) is 2.30. The quantitative estimate of drug-likeness (QED) is 0.458. The second kappa shape index (κ2) is 8.89. The molecule has 0 aliphatic carbocycles. The topological polar surface area (TPSA) is 24.9 Å². The summed E-state index contributed by atoms with van der Waals surface area (Å²) in [7, 11) is -1.84. The molecule has 0 amide bonds. The first kappa shape index (κ1) is 15.8. The number of rotatable bonds is 9. The molecule has 0 aliphatic heterocycles. The summed E-state index contributed by atoms with van der Waals surface area (Å²) < 4.78 is 11.7. The van der Waals surface area contributed by atoms with Gasteiger partial charge in [-0.3, -0.25) is 0 Å². The van der Waals surface area contributed by atoms with E-state index in [9.17, 15) is 0 Å². The van der Waals surface area contributed by atoms with Crippen molar-refractivity contribution in [2.75, 3.05) is 26.2 Å². The molecule has 0 atom stereocenters. The van der Waals surface area contributed by atoms with Crippen LogP contribution in [-0.2, 0) is 9.05 Å². The SMILES string of the molecule is C=C(C)[SiH](ON(CC)CC)ON(CC)CC. The molecular formula is C11H26N2O2Si. The monoisotopic (exact) mass is 246 g/mol. The second-order valence-electron chi connectivity index (χ2n) is 3.62. The minimum Gasteiger partial charge on any atom is -0.307 e. The standard InChI is InChI=1S/C11H26N2O2Si/c1-7-12(8-2)14-16(11(5)6)15-13(9-3)10-4/h16H,5,7-10H2,1-4,6H3. The van der Waals surface area contributed by atoms with Gasteiger partial charge in [0.25, 0.3) is 0 Å². The van der Waals surface area contributed by atoms with Crippen LogP contribution in [0.1, 0.15) is 34.6 Å². The van der Waals surface area contributed by atoms with Crippen molar-refractivity contribution in [2.45, 2.75) is 34.6 Å². The Morgan fingerprint density at radius 3 is 1.44 bits per heavy atom. The Kier molecular flexibility index (Phi) is 8.78. The van der Waals surface area contributed by atoms with Crippen molar-refractivity contribution in [1.29, 1.82) is 0 Å². The molecule has 0 aromatic heterocycles. The fourth-order valence-electron chi connectivity index (χ4n) is 1.22. The fourth-order valence-corrected chi connectivity index (χ4v) is 2.75. The Hall–Kier alpha value is -0.203. The van der Waals surface area contributed by atoms with Crippen molar-refractivity contribution in [3.05, 3.63) is 11.8 Å². The van der Waals surface area contributed by atoms with Gasteiger partial charge in [0.05, 0.1) is 0 Å². The summed E-state index contributed by atoms with van der Waals surface area (Å²) in [6.45, 7) is 17.7. The lowest BCUT2D eigenvalue weighted by atomic mass is 10.6. The zero-order chi connectivity index (χ0) is 12.6. The predicted molar refractivity (Wildman–Crippen MR) is 70.0 cm³/mol. The van der Waals surface area contributed by atoms with Crippen LogP contribution in [0.3, 0.4) is 0 Å². The highest BCUT2D eigenvalue weighted by Gasteiger charge is 2.21. The van der Waals surface area contributed by atoms with Crippen molar-refractivity contribution in [3.63, 3.8) is 0 Å². The van der Waals surface area contributed by atoms with Crippen molar-refractivity contribution >= 4 is 9.28 Å². The first-order chi connectivity index (χ1) is 7.58. The second-order valence-corrected chi connectivity index (χ2v) is 5.69. The highest BCUT2D eigenvalue weighted by atomic mass is 28.3. The molecule has 0 rings (SSSR count). The molecule has 0 aromatic rings. The van der Waals surface area contributed by atoms with Gasteiger partial charge in [0.2, 0.25) is 0 Å². The number of allylic oxidation sites excluding steroid dienone is 1. The van der Waals surface area contributed by atoms with E-state index in [1.54, 1.807) is 0 Å². The number of hydrogen-bond donors (Lipinski definition) is 0. The van der Waals surface area contributed by atoms with Gasteiger partial charge in [-0.2, -0.15) is 10.1 Å². The van der Waals surface area contributed by atoms with Crippen molar-refractivity contribution in [1.82, 2.24) is 10.1 Å². The zero-order valence-electron chi connectivity index (χ0n) is 11.3. The van der Waals surface area contributed by atoms with Crippen molar-refractivity contribution < 1.29 is 9.05 Å². The minimum atomic E-state index is -1.84. The van der Waals surface area contributed by atoms with Crippen LogP contribution < -0.4 is 0 Å². The Morgan fingerprint density at radius 1 is 0.938 bits per heavy atom. The molecule has 0 heterocycles. The van der Waals surface area contributed by atoms with E-state index < -0.39 is 9.28 Å². The van der Waals surface area contributed by atoms with Crippen LogP contribution >= 0.6 is 0 Å². The van der Waals surface area contributed by atoms with E-state index >= 15 is 0 Å². The summed E-state index contributed by atoms with van der Waals surface area (Å²) >= 11 is 0. The maximum absolute atomic E-state index is 5.85. The lowest BCUT2D eigenvalue weighted by molar-refractivity contribution is -0.129. The summed E-state index contributed by atoms with van der Waals surface area (Å²) in [4.78, 5) is 0. The van der Waals surface area contributed by atoms with Gasteiger partial charge in [-0.25, -0.2) is 0 Å². The Bertz CT molecular complexity index is 180. The average molecular weight is 246 g/mol. The van der Waals surface area contributed by atoms with Crippen LogP contribution in [0, 0.1) is 0 Å². The van der Waals surface area contributed by atoms with Gasteiger partial charge in [0.1, 0.15) is 0 Å². The first-order valence-corrected chi connectivity index (χ1v) is 7.59. The minimum absolute atomic E-state index is 0.870. The normalized spacial score (nSPS) is 11.8. The third-order valence-corrected chi connectivity index (χ3v) is 4.09. The van der Waals surface area contributed by atoms with Crippen LogP contribution in [0.2, 0.25) is 0 Å². The molecule has 0 fully saturated rings. The maximum Gasteiger partial charge on any atom is 0.389 e. The third kappa shape index (κ3) is 5.76. The lowest BCUT2D eigenvalue weighted by Gasteiger charge is -2.28. The Labute approximate surface area is 102 Å². The molecule has 96 valence electrons. The van der Waals surface area contributed by atoms with Crippen molar-refractivity contribution in [2.24, 2.45) is 0 Å². The average Bonchev–Trinajstić information content (AvgIpc) is 2.29. The largest absolute Gasteiger partial charge is 0.389 e. The molecule has 0 radical (unpaired) electrons. The highest BCUT2D eigenvalue weighted by molar-refractivity contribution is 6.53. The first-order valence-electron chi connectivity index (χ1n) is 6.07. The Morgan fingerprint density at radius 2 is 1.25 bits per heavy atom. The lowest BCUT2D eigenvalue weighted by Crippen LogP contribution is -2.40. The molecule has 0 N–H and O–H groups in total. The molecular weight excluding hydrogens is 220 g/mol. The van der Waals surface area contributed by atoms with E-state index in [1.165, 1.54) is 0 Å². The van der Waals surface area contributed by atoms with Gasteiger partial charge in [-0.1, -0.05) is 34.3 Å². The summed E-state index contributed by atoms with van der Waals surface area (Å²) in [5, 5.41) is 4.86. The molecule has 0 bridgehead atoms. The van der Waals surface area contributed by atoms with Gasteiger partial charge >= 0.3 is 9.28 Å². The highest BCUT2D eigenvalue weighted by Crippen LogP contribution is 2.06. The van der Waals surface area contributed by atoms with Crippen LogP contribution in [0.15, 0.2) is 11.8 Å². The van der Waals surface area contributed by atoms with E-state index in [2.05, 4.69) is 34.3 Å². The zero-order valence-corrected chi connectivity index (χ0v) is 12.5. The number of nitrogens with zero attached hydrogens (tertiary/aromatic N) is 2. The fraction of sp³-hybridized carbons (Fsp3) is 0.818. The van der Waals surface area contributed by atoms with Crippen LogP contribution in [0.5, 0.6) is 0 Å². The van der Waals surface area contributed by atoms with Gasteiger partial charge in [0, 0.05) is 26.2 Å². The van der Waals surface area contributed by atoms with Crippen molar-refractivity contribution in [3.8, 4) is 0 Å². The van der Waals surface area contributed by atoms with Crippen LogP contribution in [0.25, 0.3) is 0 Å². The Balaban J connectivity index is 4.31. The number of hydroxylamine groups is 4. The smallest absolute Gasteiger partial charge is 0.307 e. The molecule has 0 saturated carbocycles. The summed E-state index contributed by atoms with van der Waals surface area (Å²) in [6, 6.07) is 0. The van der Waals surface area contributed by atoms with Crippen LogP contribution in [-0.4, -0.2) is 45.6 Å². The van der Waals surface area contributed by atoms with E-state index in [0.29, 0.717) is 0 Å². The van der Waals surface area contributed by atoms with E-state index in [0.717, 1.165) is 31.4 Å². The molecule has 5 heteroatoms. The predicted octanol–water partition coefficient (Wildman–Crippen LogP) is 1.87. The molecule has 0 spiro atoms. The van der Waals surface area contributed by atoms with Gasteiger partial charge in [-0.15, -0.1) is 0 Å². The summed E-state index contributed by atoms with van der Waals surface area (Å²) in [5.41, 5.74) is 0. The molecule has 0 aromatic carbocycles. The summed E-state index contributed by atoms with van der Waals surface area (Å²) in [5.74, 6) is 0. The van der Waals surface area contributed by atoms with E-state index in [1.807, 2.05) is 17.1 Å². The van der Waals surface area contributed by atoms with Gasteiger partial charge in [0.15, 0.2) is 0 Å². The van der Waals surface area contributed by atoms with Crippen LogP contribution in [0.4, 0.5) is 0 Å². The van der Waals surface area contributed by atoms with Gasteiger partial charge in [-0.05, 0) is 12.1 Å². The molecule has 0 aliphatic rings. The van der Waals surface area contributed by atoms with E-state index in [-0.39, 0.29) is 0 Å². The van der Waals surface area contributed by atoms with E-state index in [4.69, 9.17) is 9.05 Å². The number of hydrogen-bond acceptors (Lipinski definition) is 4. The molecule has 0 unspecified atom stereocenters. The molecule has 16 heavy (non-hydrogen) atoms. The van der Waals surface area contributed by atoms with Gasteiger partial charge < -0.3 is 9.05 Å². The molecule has 4 nitrogen and oxygen atoms in total. The summed E-state index contributed by atoms with van der Waals surface area (Å²) in [6.07, 6.45) is 0.